The molecule has 28 heavy (non-hydrogen) atoms. The van der Waals surface area contributed by atoms with Crippen LogP contribution < -0.4 is 15.5 Å². The predicted molar refractivity (Wildman–Crippen MR) is 108 cm³/mol. The van der Waals surface area contributed by atoms with E-state index in [4.69, 9.17) is 9.15 Å². The maximum atomic E-state index is 12.6. The number of hydrogen-bond acceptors (Lipinski definition) is 6. The van der Waals surface area contributed by atoms with Gasteiger partial charge >= 0.3 is 0 Å². The second kappa shape index (κ2) is 8.28. The van der Waals surface area contributed by atoms with E-state index in [0.29, 0.717) is 23.1 Å². The Balaban J connectivity index is 1.40. The number of hydrogen-bond donors (Lipinski definition) is 2. The van der Waals surface area contributed by atoms with Crippen molar-refractivity contribution in [2.75, 3.05) is 41.8 Å². The van der Waals surface area contributed by atoms with Gasteiger partial charge in [0.15, 0.2) is 5.76 Å². The summed E-state index contributed by atoms with van der Waals surface area (Å²) in [5.74, 6) is -0.348. The topological polar surface area (TPSA) is 83.8 Å². The zero-order chi connectivity index (χ0) is 19.3. The van der Waals surface area contributed by atoms with E-state index in [0.717, 1.165) is 24.5 Å². The van der Waals surface area contributed by atoms with Gasteiger partial charge in [-0.3, -0.25) is 9.59 Å². The Labute approximate surface area is 165 Å². The average Bonchev–Trinajstić information content (AvgIpc) is 3.41. The minimum Gasteiger partial charge on any atom is -0.459 e. The van der Waals surface area contributed by atoms with Gasteiger partial charge in [0.25, 0.3) is 11.8 Å². The Morgan fingerprint density at radius 3 is 2.61 bits per heavy atom. The number of amides is 2. The third kappa shape index (κ3) is 4.24. The summed E-state index contributed by atoms with van der Waals surface area (Å²) >= 11 is 1.21. The van der Waals surface area contributed by atoms with E-state index in [2.05, 4.69) is 15.5 Å². The highest BCUT2D eigenvalue weighted by molar-refractivity contribution is 7.18. The number of carbonyl (C=O) groups excluding carboxylic acids is 2. The quantitative estimate of drug-likeness (QED) is 0.686. The molecule has 1 aliphatic rings. The summed E-state index contributed by atoms with van der Waals surface area (Å²) in [6.07, 6.45) is 1.44. The summed E-state index contributed by atoms with van der Waals surface area (Å²) in [5.41, 5.74) is 1.78. The van der Waals surface area contributed by atoms with Gasteiger partial charge in [0, 0.05) is 24.5 Å². The molecule has 8 heteroatoms. The van der Waals surface area contributed by atoms with Crippen molar-refractivity contribution in [2.45, 2.75) is 0 Å². The summed E-state index contributed by atoms with van der Waals surface area (Å²) in [6.45, 7) is 3.08. The van der Waals surface area contributed by atoms with Crippen LogP contribution in [0.3, 0.4) is 0 Å². The minimum absolute atomic E-state index is 0.220. The molecule has 0 atom stereocenters. The largest absolute Gasteiger partial charge is 0.459 e. The lowest BCUT2D eigenvalue weighted by atomic mass is 10.2. The molecular formula is C20H19N3O4S. The molecule has 2 aromatic heterocycles. The first-order valence-electron chi connectivity index (χ1n) is 8.88. The minimum atomic E-state index is -0.350. The number of ether oxygens (including phenoxy) is 1. The van der Waals surface area contributed by atoms with Crippen molar-refractivity contribution in [3.8, 4) is 0 Å². The highest BCUT2D eigenvalue weighted by Gasteiger charge is 2.15. The van der Waals surface area contributed by atoms with Gasteiger partial charge < -0.3 is 24.7 Å². The highest BCUT2D eigenvalue weighted by Crippen LogP contribution is 2.25. The maximum Gasteiger partial charge on any atom is 0.291 e. The van der Waals surface area contributed by atoms with Crippen molar-refractivity contribution >= 4 is 39.5 Å². The molecule has 144 valence electrons. The molecule has 0 bridgehead atoms. The first kappa shape index (κ1) is 18.3. The molecule has 0 spiro atoms. The molecule has 0 aliphatic carbocycles. The molecule has 3 heterocycles. The third-order valence-electron chi connectivity index (χ3n) is 4.29. The molecule has 2 N–H and O–H groups in total. The zero-order valence-electron chi connectivity index (χ0n) is 15.0. The van der Waals surface area contributed by atoms with E-state index in [1.165, 1.54) is 17.6 Å². The molecule has 0 unspecified atom stereocenters. The molecule has 1 aliphatic heterocycles. The van der Waals surface area contributed by atoms with Gasteiger partial charge in [-0.1, -0.05) is 6.07 Å². The van der Waals surface area contributed by atoms with E-state index >= 15 is 0 Å². The third-order valence-corrected chi connectivity index (χ3v) is 5.29. The lowest BCUT2D eigenvalue weighted by Gasteiger charge is -2.29. The van der Waals surface area contributed by atoms with Gasteiger partial charge in [-0.05, 0) is 42.5 Å². The Morgan fingerprint density at radius 2 is 1.82 bits per heavy atom. The van der Waals surface area contributed by atoms with Crippen LogP contribution in [0.4, 0.5) is 16.4 Å². The second-order valence-electron chi connectivity index (χ2n) is 6.20. The zero-order valence-corrected chi connectivity index (χ0v) is 15.8. The van der Waals surface area contributed by atoms with Gasteiger partial charge in [-0.2, -0.15) is 0 Å². The Kier molecular flexibility index (Phi) is 5.41. The van der Waals surface area contributed by atoms with Crippen molar-refractivity contribution in [3.63, 3.8) is 0 Å². The van der Waals surface area contributed by atoms with Gasteiger partial charge in [-0.15, -0.1) is 11.3 Å². The first-order valence-corrected chi connectivity index (χ1v) is 9.69. The van der Waals surface area contributed by atoms with Crippen molar-refractivity contribution in [2.24, 2.45) is 0 Å². The van der Waals surface area contributed by atoms with Crippen LogP contribution in [0.1, 0.15) is 20.2 Å². The molecule has 3 aromatic rings. The normalized spacial score (nSPS) is 13.9. The number of morpholine rings is 1. The number of benzene rings is 1. The van der Waals surface area contributed by atoms with E-state index in [1.807, 2.05) is 24.3 Å². The van der Waals surface area contributed by atoms with E-state index < -0.39 is 0 Å². The van der Waals surface area contributed by atoms with Crippen LogP contribution in [0, 0.1) is 0 Å². The summed E-state index contributed by atoms with van der Waals surface area (Å²) in [6, 6.07) is 14.4. The SMILES string of the molecule is O=C(Nc1ccc(C(=O)Nc2cccc(N3CCOCC3)c2)s1)c1ccco1. The lowest BCUT2D eigenvalue weighted by Crippen LogP contribution is -2.36. The molecule has 7 nitrogen and oxygen atoms in total. The van der Waals surface area contributed by atoms with Gasteiger partial charge in [-0.25, -0.2) is 0 Å². The Bertz CT molecular complexity index is 962. The summed E-state index contributed by atoms with van der Waals surface area (Å²) < 4.78 is 10.4. The maximum absolute atomic E-state index is 12.6. The molecule has 2 amide bonds. The fourth-order valence-corrected chi connectivity index (χ4v) is 3.70. The smallest absolute Gasteiger partial charge is 0.291 e. The van der Waals surface area contributed by atoms with Crippen LogP contribution >= 0.6 is 11.3 Å². The monoisotopic (exact) mass is 397 g/mol. The van der Waals surface area contributed by atoms with Crippen molar-refractivity contribution in [1.29, 1.82) is 0 Å². The standard InChI is InChI=1S/C20H19N3O4S/c24-19(16-5-2-10-27-16)22-18-7-6-17(28-18)20(25)21-14-3-1-4-15(13-14)23-8-11-26-12-9-23/h1-7,10,13H,8-9,11-12H2,(H,21,25)(H,22,24). The Hall–Kier alpha value is -3.10. The molecular weight excluding hydrogens is 378 g/mol. The van der Waals surface area contributed by atoms with E-state index in [9.17, 15) is 9.59 Å². The van der Waals surface area contributed by atoms with Crippen molar-refractivity contribution in [1.82, 2.24) is 0 Å². The fraction of sp³-hybridized carbons (Fsp3) is 0.200. The Morgan fingerprint density at radius 1 is 0.964 bits per heavy atom. The number of rotatable bonds is 5. The van der Waals surface area contributed by atoms with Crippen LogP contribution in [0.5, 0.6) is 0 Å². The van der Waals surface area contributed by atoms with Gasteiger partial charge in [0.2, 0.25) is 0 Å². The van der Waals surface area contributed by atoms with Crippen LogP contribution in [0.2, 0.25) is 0 Å². The number of carbonyl (C=O) groups is 2. The number of anilines is 3. The molecule has 4 rings (SSSR count). The number of nitrogens with zero attached hydrogens (tertiary/aromatic N) is 1. The van der Waals surface area contributed by atoms with Crippen LogP contribution in [-0.4, -0.2) is 38.1 Å². The molecule has 1 aromatic carbocycles. The second-order valence-corrected chi connectivity index (χ2v) is 7.28. The molecule has 1 saturated heterocycles. The van der Waals surface area contributed by atoms with E-state index in [-0.39, 0.29) is 17.6 Å². The summed E-state index contributed by atoms with van der Waals surface area (Å²) in [5, 5.41) is 6.21. The average molecular weight is 397 g/mol. The molecule has 0 saturated carbocycles. The van der Waals surface area contributed by atoms with Crippen LogP contribution in [0.25, 0.3) is 0 Å². The summed E-state index contributed by atoms with van der Waals surface area (Å²) in [4.78, 5) is 27.3. The van der Waals surface area contributed by atoms with E-state index in [1.54, 1.807) is 24.3 Å². The van der Waals surface area contributed by atoms with Crippen LogP contribution in [-0.2, 0) is 4.74 Å². The van der Waals surface area contributed by atoms with Crippen LogP contribution in [0.15, 0.2) is 59.2 Å². The number of furan rings is 1. The van der Waals surface area contributed by atoms with Crippen molar-refractivity contribution in [3.05, 3.63) is 65.4 Å². The van der Waals surface area contributed by atoms with Crippen molar-refractivity contribution < 1.29 is 18.7 Å². The number of thiophene rings is 1. The number of nitrogens with one attached hydrogen (secondary N) is 2. The molecule has 0 radical (unpaired) electrons. The van der Waals surface area contributed by atoms with Gasteiger partial charge in [0.05, 0.1) is 29.4 Å². The predicted octanol–water partition coefficient (Wildman–Crippen LogP) is 3.68. The highest BCUT2D eigenvalue weighted by atomic mass is 32.1. The fourth-order valence-electron chi connectivity index (χ4n) is 2.90. The summed E-state index contributed by atoms with van der Waals surface area (Å²) in [7, 11) is 0. The van der Waals surface area contributed by atoms with Gasteiger partial charge in [0.1, 0.15) is 0 Å². The first-order chi connectivity index (χ1) is 13.7. The lowest BCUT2D eigenvalue weighted by molar-refractivity contribution is 0.0995. The molecule has 1 fully saturated rings.